The summed E-state index contributed by atoms with van der Waals surface area (Å²) in [6, 6.07) is 11.6. The third-order valence-electron chi connectivity index (χ3n) is 5.14. The Morgan fingerprint density at radius 2 is 1.47 bits per heavy atom. The summed E-state index contributed by atoms with van der Waals surface area (Å²) in [4.78, 5) is 0. The Morgan fingerprint density at radius 1 is 0.875 bits per heavy atom. The van der Waals surface area contributed by atoms with E-state index in [9.17, 15) is 5.11 Å². The predicted octanol–water partition coefficient (Wildman–Crippen LogP) is 6.74. The molecule has 178 valence electrons. The summed E-state index contributed by atoms with van der Waals surface area (Å²) in [5.41, 5.74) is 1.70. The second kappa shape index (κ2) is 12.3. The van der Waals surface area contributed by atoms with Crippen molar-refractivity contribution < 1.29 is 19.3 Å². The fourth-order valence-corrected chi connectivity index (χ4v) is 3.69. The molecule has 0 amide bonds. The summed E-state index contributed by atoms with van der Waals surface area (Å²) in [6.07, 6.45) is -0.603. The van der Waals surface area contributed by atoms with Gasteiger partial charge in [-0.15, -0.1) is 11.6 Å². The van der Waals surface area contributed by atoms with Gasteiger partial charge in [0.2, 0.25) is 0 Å². The van der Waals surface area contributed by atoms with Crippen molar-refractivity contribution >= 4 is 34.8 Å². The molecule has 2 aromatic rings. The van der Waals surface area contributed by atoms with Crippen LogP contribution in [-0.4, -0.2) is 43.0 Å². The predicted molar refractivity (Wildman–Crippen MR) is 133 cm³/mol. The average Bonchev–Trinajstić information content (AvgIpc) is 2.75. The Kier molecular flexibility index (Phi) is 10.4. The molecule has 2 aromatic carbocycles. The van der Waals surface area contributed by atoms with Crippen molar-refractivity contribution in [1.82, 2.24) is 0 Å². The largest absolute Gasteiger partial charge is 0.491 e. The minimum absolute atomic E-state index is 0.0722. The van der Waals surface area contributed by atoms with E-state index >= 15 is 0 Å². The summed E-state index contributed by atoms with van der Waals surface area (Å²) in [5.74, 6) is 1.87. The van der Waals surface area contributed by atoms with Gasteiger partial charge in [0.1, 0.15) is 18.5 Å². The van der Waals surface area contributed by atoms with Crippen LogP contribution in [0, 0.1) is 5.92 Å². The van der Waals surface area contributed by atoms with Gasteiger partial charge in [0.15, 0.2) is 5.75 Å². The molecular formula is C25H33Cl3O4. The second-order valence-electron chi connectivity index (χ2n) is 8.84. The Bertz CT molecular complexity index is 830. The quantitative estimate of drug-likeness (QED) is 0.326. The average molecular weight is 504 g/mol. The van der Waals surface area contributed by atoms with E-state index in [4.69, 9.17) is 49.0 Å². The number of aliphatic hydroxyl groups excluding tert-OH is 1. The maximum absolute atomic E-state index is 9.96. The first-order valence-corrected chi connectivity index (χ1v) is 12.0. The molecule has 32 heavy (non-hydrogen) atoms. The van der Waals surface area contributed by atoms with E-state index in [0.717, 1.165) is 11.1 Å². The monoisotopic (exact) mass is 502 g/mol. The van der Waals surface area contributed by atoms with E-state index < -0.39 is 6.10 Å². The maximum Gasteiger partial charge on any atom is 0.156 e. The van der Waals surface area contributed by atoms with E-state index in [1.165, 1.54) is 0 Å². The van der Waals surface area contributed by atoms with E-state index in [0.29, 0.717) is 34.0 Å². The molecule has 0 radical (unpaired) electrons. The van der Waals surface area contributed by atoms with Gasteiger partial charge in [0.25, 0.3) is 0 Å². The molecule has 1 N–H and O–H groups in total. The third kappa shape index (κ3) is 7.71. The van der Waals surface area contributed by atoms with Crippen LogP contribution in [-0.2, 0) is 10.2 Å². The summed E-state index contributed by atoms with van der Waals surface area (Å²) < 4.78 is 16.9. The molecule has 0 spiro atoms. The van der Waals surface area contributed by atoms with Gasteiger partial charge in [-0.3, -0.25) is 0 Å². The lowest BCUT2D eigenvalue weighted by molar-refractivity contribution is -0.0122. The number of aliphatic hydroxyl groups is 1. The number of hydrogen-bond donors (Lipinski definition) is 1. The van der Waals surface area contributed by atoms with Crippen molar-refractivity contribution in [3.05, 3.63) is 57.6 Å². The Hall–Kier alpha value is -1.17. The lowest BCUT2D eigenvalue weighted by Gasteiger charge is -2.27. The van der Waals surface area contributed by atoms with Crippen molar-refractivity contribution in [2.24, 2.45) is 5.92 Å². The summed E-state index contributed by atoms with van der Waals surface area (Å²) >= 11 is 18.8. The Morgan fingerprint density at radius 3 is 2.00 bits per heavy atom. The summed E-state index contributed by atoms with van der Waals surface area (Å²) in [7, 11) is 0. The molecule has 0 fully saturated rings. The Balaban J connectivity index is 2.09. The van der Waals surface area contributed by atoms with Gasteiger partial charge in [-0.2, -0.15) is 0 Å². The molecule has 2 rings (SSSR count). The minimum Gasteiger partial charge on any atom is -0.491 e. The van der Waals surface area contributed by atoms with Crippen molar-refractivity contribution in [3.63, 3.8) is 0 Å². The van der Waals surface area contributed by atoms with Crippen LogP contribution in [0.5, 0.6) is 11.5 Å². The molecule has 0 aliphatic carbocycles. The maximum atomic E-state index is 9.96. The number of rotatable bonds is 12. The first-order chi connectivity index (χ1) is 15.0. The van der Waals surface area contributed by atoms with Gasteiger partial charge in [0, 0.05) is 17.2 Å². The van der Waals surface area contributed by atoms with Crippen LogP contribution in [0.25, 0.3) is 0 Å². The van der Waals surface area contributed by atoms with Crippen molar-refractivity contribution in [2.45, 2.75) is 52.2 Å². The van der Waals surface area contributed by atoms with E-state index in [1.807, 2.05) is 57.2 Å². The smallest absolute Gasteiger partial charge is 0.156 e. The molecule has 0 unspecified atom stereocenters. The molecular weight excluding hydrogens is 471 g/mol. The van der Waals surface area contributed by atoms with E-state index in [-0.39, 0.29) is 30.7 Å². The highest BCUT2D eigenvalue weighted by Gasteiger charge is 2.26. The van der Waals surface area contributed by atoms with E-state index in [2.05, 4.69) is 13.8 Å². The van der Waals surface area contributed by atoms with Gasteiger partial charge < -0.3 is 19.3 Å². The zero-order chi connectivity index (χ0) is 23.9. The summed E-state index contributed by atoms with van der Waals surface area (Å²) in [6.45, 7) is 10.9. The van der Waals surface area contributed by atoms with Gasteiger partial charge >= 0.3 is 0 Å². The number of benzene rings is 2. The van der Waals surface area contributed by atoms with Gasteiger partial charge in [-0.25, -0.2) is 0 Å². The fraction of sp³-hybridized carbons (Fsp3) is 0.520. The topological polar surface area (TPSA) is 47.9 Å². The number of hydrogen-bond acceptors (Lipinski definition) is 4. The van der Waals surface area contributed by atoms with Crippen LogP contribution in [0.3, 0.4) is 0 Å². The fourth-order valence-electron chi connectivity index (χ4n) is 3.01. The first-order valence-electron chi connectivity index (χ1n) is 10.8. The van der Waals surface area contributed by atoms with E-state index in [1.54, 1.807) is 0 Å². The van der Waals surface area contributed by atoms with Crippen molar-refractivity contribution in [1.29, 1.82) is 0 Å². The van der Waals surface area contributed by atoms with Crippen LogP contribution >= 0.6 is 34.8 Å². The third-order valence-corrected chi connectivity index (χ3v) is 6.22. The second-order valence-corrected chi connectivity index (χ2v) is 9.96. The molecule has 0 aliphatic rings. The standard InChI is InChI=1S/C25H33Cl3O4/c1-16(2)30-14-20(29)15-31-21-8-6-18(7-9-21)25(4,5)19-10-22(27)24(23(28)11-19)32-13-17(3)12-26/h6-11,16-17,20,29H,12-15H2,1-5H3/t17-,20+/m1/s1. The van der Waals surface area contributed by atoms with Crippen molar-refractivity contribution in [3.8, 4) is 11.5 Å². The first kappa shape index (κ1) is 27.1. The van der Waals surface area contributed by atoms with Crippen LogP contribution in [0.1, 0.15) is 45.7 Å². The molecule has 4 nitrogen and oxygen atoms in total. The molecule has 0 saturated heterocycles. The summed E-state index contributed by atoms with van der Waals surface area (Å²) in [5, 5.41) is 10.9. The molecule has 0 aliphatic heterocycles. The highest BCUT2D eigenvalue weighted by atomic mass is 35.5. The molecule has 7 heteroatoms. The molecule has 0 saturated carbocycles. The normalized spacial score (nSPS) is 13.8. The molecule has 0 aromatic heterocycles. The highest BCUT2D eigenvalue weighted by Crippen LogP contribution is 2.40. The SMILES string of the molecule is CC(C)OC[C@H](O)COc1ccc(C(C)(C)c2cc(Cl)c(OC[C@H](C)CCl)c(Cl)c2)cc1. The van der Waals surface area contributed by atoms with Crippen LogP contribution < -0.4 is 9.47 Å². The van der Waals surface area contributed by atoms with Crippen LogP contribution in [0.4, 0.5) is 0 Å². The van der Waals surface area contributed by atoms with Gasteiger partial charge in [-0.1, -0.05) is 56.1 Å². The van der Waals surface area contributed by atoms with Crippen LogP contribution in [0.2, 0.25) is 10.0 Å². The highest BCUT2D eigenvalue weighted by molar-refractivity contribution is 6.37. The lowest BCUT2D eigenvalue weighted by atomic mass is 9.78. The zero-order valence-corrected chi connectivity index (χ0v) is 21.6. The Labute approximate surface area is 206 Å². The van der Waals surface area contributed by atoms with Crippen LogP contribution in [0.15, 0.2) is 36.4 Å². The van der Waals surface area contributed by atoms with Gasteiger partial charge in [-0.05, 0) is 49.2 Å². The number of ether oxygens (including phenoxy) is 3. The van der Waals surface area contributed by atoms with Gasteiger partial charge in [0.05, 0.1) is 29.4 Å². The molecule has 2 atom stereocenters. The lowest BCUT2D eigenvalue weighted by Crippen LogP contribution is -2.25. The molecule has 0 heterocycles. The number of halogens is 3. The minimum atomic E-state index is -0.675. The number of alkyl halides is 1. The zero-order valence-electron chi connectivity index (χ0n) is 19.3. The molecule has 0 bridgehead atoms. The van der Waals surface area contributed by atoms with Crippen molar-refractivity contribution in [2.75, 3.05) is 25.7 Å².